The van der Waals surface area contributed by atoms with Crippen molar-refractivity contribution in [3.8, 4) is 11.4 Å². The third-order valence-electron chi connectivity index (χ3n) is 4.85. The minimum atomic E-state index is -0.0257. The zero-order chi connectivity index (χ0) is 20.9. The Bertz CT molecular complexity index is 1020. The molecule has 0 radical (unpaired) electrons. The fraction of sp³-hybridized carbons (Fsp3) is 0.400. The van der Waals surface area contributed by atoms with Crippen LogP contribution < -0.4 is 5.32 Å². The molecular formula is C20H25ClIN7O2. The molecule has 0 bridgehead atoms. The van der Waals surface area contributed by atoms with E-state index in [1.807, 2.05) is 43.7 Å². The van der Waals surface area contributed by atoms with E-state index in [0.29, 0.717) is 42.9 Å². The van der Waals surface area contributed by atoms with Gasteiger partial charge in [0.2, 0.25) is 11.7 Å². The first-order chi connectivity index (χ1) is 14.6. The number of aliphatic imine (C=N–C) groups is 1. The Hall–Kier alpha value is -2.18. The van der Waals surface area contributed by atoms with Gasteiger partial charge in [-0.15, -0.1) is 24.0 Å². The number of rotatable bonds is 5. The van der Waals surface area contributed by atoms with Crippen LogP contribution in [0.1, 0.15) is 17.6 Å². The molecule has 1 fully saturated rings. The molecule has 3 heterocycles. The monoisotopic (exact) mass is 557 g/mol. The van der Waals surface area contributed by atoms with Crippen LogP contribution in [0.25, 0.3) is 11.4 Å². The van der Waals surface area contributed by atoms with Gasteiger partial charge in [-0.25, -0.2) is 0 Å². The van der Waals surface area contributed by atoms with Crippen LogP contribution in [0, 0.1) is 0 Å². The summed E-state index contributed by atoms with van der Waals surface area (Å²) in [6, 6.07) is 7.39. The van der Waals surface area contributed by atoms with E-state index >= 15 is 0 Å². The van der Waals surface area contributed by atoms with E-state index in [1.165, 1.54) is 0 Å². The predicted molar refractivity (Wildman–Crippen MR) is 129 cm³/mol. The van der Waals surface area contributed by atoms with E-state index in [1.54, 1.807) is 11.7 Å². The minimum absolute atomic E-state index is 0. The van der Waals surface area contributed by atoms with Crippen molar-refractivity contribution < 1.29 is 9.26 Å². The number of guanidine groups is 1. The van der Waals surface area contributed by atoms with Gasteiger partial charge in [0.1, 0.15) is 6.10 Å². The van der Waals surface area contributed by atoms with Crippen LogP contribution in [0.3, 0.4) is 0 Å². The number of halogens is 2. The van der Waals surface area contributed by atoms with Gasteiger partial charge in [-0.2, -0.15) is 10.1 Å². The first kappa shape index (κ1) is 23.5. The number of hydrogen-bond donors (Lipinski definition) is 1. The van der Waals surface area contributed by atoms with Crippen LogP contribution in [-0.4, -0.2) is 64.1 Å². The van der Waals surface area contributed by atoms with Crippen molar-refractivity contribution >= 4 is 41.5 Å². The second-order valence-corrected chi connectivity index (χ2v) is 7.44. The van der Waals surface area contributed by atoms with Crippen LogP contribution >= 0.6 is 35.6 Å². The van der Waals surface area contributed by atoms with Crippen molar-refractivity contribution in [1.82, 2.24) is 30.1 Å². The van der Waals surface area contributed by atoms with Crippen LogP contribution in [0.4, 0.5) is 0 Å². The fourth-order valence-electron chi connectivity index (χ4n) is 3.36. The molecule has 31 heavy (non-hydrogen) atoms. The Morgan fingerprint density at radius 2 is 2.26 bits per heavy atom. The van der Waals surface area contributed by atoms with E-state index in [2.05, 4.69) is 30.4 Å². The van der Waals surface area contributed by atoms with Gasteiger partial charge in [0, 0.05) is 56.0 Å². The maximum atomic E-state index is 6.03. The van der Waals surface area contributed by atoms with E-state index in [4.69, 9.17) is 20.9 Å². The SMILES string of the molecule is CN=C(NCCc1nc(-c2cccc(Cl)c2)no1)N1CCOC(c2cnn(C)c2)C1.I. The molecule has 166 valence electrons. The van der Waals surface area contributed by atoms with Crippen molar-refractivity contribution in [2.24, 2.45) is 12.0 Å². The third kappa shape index (κ3) is 5.95. The topological polar surface area (TPSA) is 93.6 Å². The molecule has 1 saturated heterocycles. The Morgan fingerprint density at radius 1 is 1.39 bits per heavy atom. The number of hydrogen-bond acceptors (Lipinski definition) is 6. The molecule has 3 aromatic rings. The van der Waals surface area contributed by atoms with Crippen LogP contribution in [0.5, 0.6) is 0 Å². The summed E-state index contributed by atoms with van der Waals surface area (Å²) >= 11 is 6.03. The molecule has 1 N–H and O–H groups in total. The third-order valence-corrected chi connectivity index (χ3v) is 5.08. The zero-order valence-electron chi connectivity index (χ0n) is 17.4. The molecule has 4 rings (SSSR count). The number of nitrogens with zero attached hydrogens (tertiary/aromatic N) is 6. The summed E-state index contributed by atoms with van der Waals surface area (Å²) in [5.41, 5.74) is 1.90. The zero-order valence-corrected chi connectivity index (χ0v) is 20.4. The molecule has 11 heteroatoms. The summed E-state index contributed by atoms with van der Waals surface area (Å²) in [4.78, 5) is 11.1. The van der Waals surface area contributed by atoms with Gasteiger partial charge < -0.3 is 19.5 Å². The maximum Gasteiger partial charge on any atom is 0.228 e. The van der Waals surface area contributed by atoms with E-state index < -0.39 is 0 Å². The van der Waals surface area contributed by atoms with Crippen molar-refractivity contribution in [3.63, 3.8) is 0 Å². The Kier molecular flexibility index (Phi) is 8.27. The molecule has 1 atom stereocenters. The quantitative estimate of drug-likeness (QED) is 0.293. The molecule has 0 saturated carbocycles. The highest BCUT2D eigenvalue weighted by Crippen LogP contribution is 2.22. The molecule has 1 unspecified atom stereocenters. The average molecular weight is 558 g/mol. The standard InChI is InChI=1S/C20H24ClN7O2.HI/c1-22-20(28-8-9-29-17(13-28)15-11-24-27(2)12-15)23-7-6-18-25-19(26-30-18)14-4-3-5-16(21)10-14;/h3-5,10-12,17H,6-9,13H2,1-2H3,(H,22,23);1H. The fourth-order valence-corrected chi connectivity index (χ4v) is 3.55. The number of aromatic nitrogens is 4. The normalized spacial score (nSPS) is 16.8. The molecule has 0 spiro atoms. The Labute approximate surface area is 202 Å². The molecule has 2 aromatic heterocycles. The lowest BCUT2D eigenvalue weighted by atomic mass is 10.1. The van der Waals surface area contributed by atoms with Crippen molar-refractivity contribution in [2.45, 2.75) is 12.5 Å². The molecule has 1 aliphatic rings. The Morgan fingerprint density at radius 3 is 3.00 bits per heavy atom. The molecule has 1 aliphatic heterocycles. The number of morpholine rings is 1. The van der Waals surface area contributed by atoms with Crippen LogP contribution in [0.2, 0.25) is 5.02 Å². The van der Waals surface area contributed by atoms with Gasteiger partial charge in [0.05, 0.1) is 19.3 Å². The predicted octanol–water partition coefficient (Wildman–Crippen LogP) is 2.93. The van der Waals surface area contributed by atoms with Gasteiger partial charge in [0.15, 0.2) is 5.96 Å². The largest absolute Gasteiger partial charge is 0.370 e. The highest BCUT2D eigenvalue weighted by molar-refractivity contribution is 14.0. The summed E-state index contributed by atoms with van der Waals surface area (Å²) in [6.07, 6.45) is 4.39. The van der Waals surface area contributed by atoms with Crippen LogP contribution in [0.15, 0.2) is 46.2 Å². The summed E-state index contributed by atoms with van der Waals surface area (Å²) < 4.78 is 13.1. The molecule has 9 nitrogen and oxygen atoms in total. The van der Waals surface area contributed by atoms with Crippen molar-refractivity contribution in [3.05, 3.63) is 53.1 Å². The number of aryl methyl sites for hydroxylation is 1. The first-order valence-corrected chi connectivity index (χ1v) is 10.1. The van der Waals surface area contributed by atoms with Gasteiger partial charge in [0.25, 0.3) is 0 Å². The smallest absolute Gasteiger partial charge is 0.228 e. The van der Waals surface area contributed by atoms with Gasteiger partial charge in [-0.3, -0.25) is 9.67 Å². The molecule has 0 aliphatic carbocycles. The number of ether oxygens (including phenoxy) is 1. The van der Waals surface area contributed by atoms with Crippen molar-refractivity contribution in [2.75, 3.05) is 33.3 Å². The van der Waals surface area contributed by atoms with Gasteiger partial charge >= 0.3 is 0 Å². The van der Waals surface area contributed by atoms with Crippen LogP contribution in [-0.2, 0) is 18.2 Å². The van der Waals surface area contributed by atoms with E-state index in [9.17, 15) is 0 Å². The molecular weight excluding hydrogens is 533 g/mol. The minimum Gasteiger partial charge on any atom is -0.370 e. The second kappa shape index (κ2) is 10.9. The molecule has 1 aromatic carbocycles. The molecule has 0 amide bonds. The lowest BCUT2D eigenvalue weighted by Gasteiger charge is -2.34. The van der Waals surface area contributed by atoms with E-state index in [0.717, 1.165) is 23.6 Å². The summed E-state index contributed by atoms with van der Waals surface area (Å²) in [5.74, 6) is 1.91. The first-order valence-electron chi connectivity index (χ1n) is 9.76. The Balaban J connectivity index is 0.00000272. The van der Waals surface area contributed by atoms with Gasteiger partial charge in [-0.05, 0) is 12.1 Å². The highest BCUT2D eigenvalue weighted by Gasteiger charge is 2.25. The number of nitrogens with one attached hydrogen (secondary N) is 1. The summed E-state index contributed by atoms with van der Waals surface area (Å²) in [6.45, 7) is 2.74. The summed E-state index contributed by atoms with van der Waals surface area (Å²) in [5, 5.41) is 12.3. The number of benzene rings is 1. The maximum absolute atomic E-state index is 6.03. The second-order valence-electron chi connectivity index (χ2n) is 7.00. The average Bonchev–Trinajstić information content (AvgIpc) is 3.41. The van der Waals surface area contributed by atoms with Crippen molar-refractivity contribution in [1.29, 1.82) is 0 Å². The summed E-state index contributed by atoms with van der Waals surface area (Å²) in [7, 11) is 3.68. The highest BCUT2D eigenvalue weighted by atomic mass is 127. The lowest BCUT2D eigenvalue weighted by molar-refractivity contribution is -0.00801. The lowest BCUT2D eigenvalue weighted by Crippen LogP contribution is -2.48. The van der Waals surface area contributed by atoms with Gasteiger partial charge in [-0.1, -0.05) is 28.9 Å². The van der Waals surface area contributed by atoms with E-state index in [-0.39, 0.29) is 30.1 Å².